The van der Waals surface area contributed by atoms with Gasteiger partial charge in [-0.3, -0.25) is 9.78 Å². The van der Waals surface area contributed by atoms with Crippen LogP contribution < -0.4 is 4.90 Å². The fraction of sp³-hybridized carbons (Fsp3) is 0.417. The lowest BCUT2D eigenvalue weighted by Gasteiger charge is -2.25. The summed E-state index contributed by atoms with van der Waals surface area (Å²) in [5.41, 5.74) is -0.215. The minimum Gasteiger partial charge on any atom is -0.314 e. The number of nitrogens with zero attached hydrogens (tertiary/aromatic N) is 3. The fourth-order valence-electron chi connectivity index (χ4n) is 1.33. The van der Waals surface area contributed by atoms with Crippen molar-refractivity contribution in [2.45, 2.75) is 20.3 Å². The van der Waals surface area contributed by atoms with Gasteiger partial charge in [0.2, 0.25) is 5.91 Å². The van der Waals surface area contributed by atoms with E-state index in [1.165, 1.54) is 4.90 Å². The summed E-state index contributed by atoms with van der Waals surface area (Å²) in [7, 11) is 1.67. The van der Waals surface area contributed by atoms with Crippen molar-refractivity contribution in [3.05, 3.63) is 24.5 Å². The Bertz CT molecular complexity index is 410. The molecule has 0 aromatic carbocycles. The number of nitriles is 1. The van der Waals surface area contributed by atoms with Gasteiger partial charge < -0.3 is 4.90 Å². The number of aromatic nitrogens is 1. The average Bonchev–Trinajstić information content (AvgIpc) is 2.37. The first-order valence-corrected chi connectivity index (χ1v) is 5.14. The minimum absolute atomic E-state index is 0.191. The number of carbonyl (C=O) groups is 1. The van der Waals surface area contributed by atoms with Crippen LogP contribution in [-0.2, 0) is 4.79 Å². The molecule has 0 aliphatic carbocycles. The van der Waals surface area contributed by atoms with Crippen LogP contribution in [-0.4, -0.2) is 17.9 Å². The Balaban J connectivity index is 2.96. The van der Waals surface area contributed by atoms with Gasteiger partial charge in [-0.25, -0.2) is 0 Å². The third kappa shape index (κ3) is 2.19. The van der Waals surface area contributed by atoms with Crippen molar-refractivity contribution < 1.29 is 4.79 Å². The average molecular weight is 217 g/mol. The zero-order chi connectivity index (χ0) is 12.2. The molecule has 1 heterocycles. The largest absolute Gasteiger partial charge is 0.314 e. The van der Waals surface area contributed by atoms with Crippen LogP contribution in [0, 0.1) is 16.7 Å². The molecule has 0 N–H and O–H groups in total. The lowest BCUT2D eigenvalue weighted by atomic mass is 9.88. The summed E-state index contributed by atoms with van der Waals surface area (Å²) in [4.78, 5) is 17.5. The Labute approximate surface area is 95.5 Å². The van der Waals surface area contributed by atoms with E-state index in [2.05, 4.69) is 11.1 Å². The standard InChI is InChI=1S/C12H15N3O/c1-4-12(2,9-13)11(16)15(3)10-5-7-14-8-6-10/h5-8H,4H2,1-3H3. The van der Waals surface area contributed by atoms with Crippen molar-refractivity contribution in [1.29, 1.82) is 5.26 Å². The number of hydrogen-bond donors (Lipinski definition) is 0. The Morgan fingerprint density at radius 1 is 1.56 bits per heavy atom. The van der Waals surface area contributed by atoms with Crippen molar-refractivity contribution in [2.24, 2.45) is 5.41 Å². The van der Waals surface area contributed by atoms with Crippen molar-refractivity contribution >= 4 is 11.6 Å². The number of anilines is 1. The molecule has 16 heavy (non-hydrogen) atoms. The van der Waals surface area contributed by atoms with E-state index in [0.29, 0.717) is 6.42 Å². The molecule has 0 aliphatic rings. The lowest BCUT2D eigenvalue weighted by molar-refractivity contribution is -0.124. The smallest absolute Gasteiger partial charge is 0.246 e. The predicted octanol–water partition coefficient (Wildman–Crippen LogP) is 1.98. The SMILES string of the molecule is CCC(C)(C#N)C(=O)N(C)c1ccncc1. The summed E-state index contributed by atoms with van der Waals surface area (Å²) < 4.78 is 0. The van der Waals surface area contributed by atoms with Crippen LogP contribution in [0.25, 0.3) is 0 Å². The fourth-order valence-corrected chi connectivity index (χ4v) is 1.33. The molecular weight excluding hydrogens is 202 g/mol. The number of hydrogen-bond acceptors (Lipinski definition) is 3. The molecule has 1 aromatic rings. The molecule has 0 aliphatic heterocycles. The van der Waals surface area contributed by atoms with E-state index in [1.54, 1.807) is 38.5 Å². The zero-order valence-corrected chi connectivity index (χ0v) is 9.77. The molecule has 4 nitrogen and oxygen atoms in total. The molecule has 84 valence electrons. The molecule has 1 aromatic heterocycles. The van der Waals surface area contributed by atoms with Crippen LogP contribution in [0.5, 0.6) is 0 Å². The van der Waals surface area contributed by atoms with Crippen LogP contribution in [0.3, 0.4) is 0 Å². The summed E-state index contributed by atoms with van der Waals surface area (Å²) in [5, 5.41) is 9.04. The van der Waals surface area contributed by atoms with Crippen molar-refractivity contribution in [3.63, 3.8) is 0 Å². The van der Waals surface area contributed by atoms with Gasteiger partial charge >= 0.3 is 0 Å². The highest BCUT2D eigenvalue weighted by atomic mass is 16.2. The maximum atomic E-state index is 12.1. The second kappa shape index (κ2) is 4.75. The molecule has 0 saturated carbocycles. The Morgan fingerprint density at radius 3 is 2.56 bits per heavy atom. The molecule has 1 rings (SSSR count). The number of pyridine rings is 1. The summed E-state index contributed by atoms with van der Waals surface area (Å²) in [6.07, 6.45) is 3.74. The first kappa shape index (κ1) is 12.2. The number of rotatable bonds is 3. The van der Waals surface area contributed by atoms with Crippen LogP contribution in [0.15, 0.2) is 24.5 Å². The normalized spacial score (nSPS) is 13.6. The second-order valence-electron chi connectivity index (χ2n) is 3.87. The molecule has 0 spiro atoms. The maximum Gasteiger partial charge on any atom is 0.246 e. The van der Waals surface area contributed by atoms with Crippen LogP contribution in [0.4, 0.5) is 5.69 Å². The topological polar surface area (TPSA) is 57.0 Å². The van der Waals surface area contributed by atoms with E-state index in [9.17, 15) is 4.79 Å². The Kier molecular flexibility index (Phi) is 3.62. The van der Waals surface area contributed by atoms with Crippen molar-refractivity contribution in [2.75, 3.05) is 11.9 Å². The third-order valence-corrected chi connectivity index (χ3v) is 2.78. The highest BCUT2D eigenvalue weighted by Gasteiger charge is 2.34. The summed E-state index contributed by atoms with van der Waals surface area (Å²) in [6.45, 7) is 3.49. The molecule has 0 saturated heterocycles. The molecular formula is C12H15N3O. The number of carbonyl (C=O) groups excluding carboxylic acids is 1. The molecule has 1 unspecified atom stereocenters. The van der Waals surface area contributed by atoms with Gasteiger partial charge in [0.05, 0.1) is 6.07 Å². The zero-order valence-electron chi connectivity index (χ0n) is 9.77. The molecule has 0 bridgehead atoms. The summed E-state index contributed by atoms with van der Waals surface area (Å²) in [5.74, 6) is -0.191. The van der Waals surface area contributed by atoms with Crippen molar-refractivity contribution in [1.82, 2.24) is 4.98 Å². The van der Waals surface area contributed by atoms with Gasteiger partial charge in [-0.15, -0.1) is 0 Å². The minimum atomic E-state index is -0.960. The predicted molar refractivity (Wildman–Crippen MR) is 61.7 cm³/mol. The van der Waals surface area contributed by atoms with E-state index in [1.807, 2.05) is 6.92 Å². The van der Waals surface area contributed by atoms with Gasteiger partial charge in [0.15, 0.2) is 0 Å². The van der Waals surface area contributed by atoms with Gasteiger partial charge in [0, 0.05) is 25.1 Å². The van der Waals surface area contributed by atoms with E-state index in [-0.39, 0.29) is 5.91 Å². The van der Waals surface area contributed by atoms with Gasteiger partial charge in [0.25, 0.3) is 0 Å². The Morgan fingerprint density at radius 2 is 2.12 bits per heavy atom. The Hall–Kier alpha value is -1.89. The van der Waals surface area contributed by atoms with Crippen molar-refractivity contribution in [3.8, 4) is 6.07 Å². The maximum absolute atomic E-state index is 12.1. The van der Waals surface area contributed by atoms with Gasteiger partial charge in [0.1, 0.15) is 5.41 Å². The van der Waals surface area contributed by atoms with Crippen LogP contribution >= 0.6 is 0 Å². The second-order valence-corrected chi connectivity index (χ2v) is 3.87. The molecule has 0 radical (unpaired) electrons. The third-order valence-electron chi connectivity index (χ3n) is 2.78. The first-order chi connectivity index (χ1) is 7.55. The highest BCUT2D eigenvalue weighted by Crippen LogP contribution is 2.25. The van der Waals surface area contributed by atoms with Gasteiger partial charge in [-0.1, -0.05) is 6.92 Å². The monoisotopic (exact) mass is 217 g/mol. The molecule has 1 amide bonds. The summed E-state index contributed by atoms with van der Waals surface area (Å²) in [6, 6.07) is 5.55. The lowest BCUT2D eigenvalue weighted by Crippen LogP contribution is -2.39. The molecule has 1 atom stereocenters. The van der Waals surface area contributed by atoms with E-state index < -0.39 is 5.41 Å². The first-order valence-electron chi connectivity index (χ1n) is 5.14. The van der Waals surface area contributed by atoms with Crippen LogP contribution in [0.1, 0.15) is 20.3 Å². The molecule has 4 heteroatoms. The van der Waals surface area contributed by atoms with E-state index in [4.69, 9.17) is 5.26 Å². The van der Waals surface area contributed by atoms with Crippen LogP contribution in [0.2, 0.25) is 0 Å². The van der Waals surface area contributed by atoms with Gasteiger partial charge in [-0.05, 0) is 25.5 Å². The molecule has 0 fully saturated rings. The number of amides is 1. The summed E-state index contributed by atoms with van der Waals surface area (Å²) >= 11 is 0. The highest BCUT2D eigenvalue weighted by molar-refractivity contribution is 5.98. The van der Waals surface area contributed by atoms with Gasteiger partial charge in [-0.2, -0.15) is 5.26 Å². The quantitative estimate of drug-likeness (QED) is 0.777. The van der Waals surface area contributed by atoms with E-state index >= 15 is 0 Å². The van der Waals surface area contributed by atoms with E-state index in [0.717, 1.165) is 5.69 Å².